The highest BCUT2D eigenvalue weighted by Crippen LogP contribution is 2.16. The molecule has 0 aliphatic heterocycles. The molecular weight excluding hydrogens is 206 g/mol. The molecule has 6 heteroatoms. The molecule has 1 heterocycles. The van der Waals surface area contributed by atoms with Crippen molar-refractivity contribution in [2.24, 2.45) is 0 Å². The van der Waals surface area contributed by atoms with Gasteiger partial charge in [0.25, 0.3) is 0 Å². The number of carboxylic acids is 1. The van der Waals surface area contributed by atoms with Crippen molar-refractivity contribution >= 4 is 23.4 Å². The molecule has 0 unspecified atom stereocenters. The van der Waals surface area contributed by atoms with Gasteiger partial charge in [-0.2, -0.15) is 0 Å². The van der Waals surface area contributed by atoms with Gasteiger partial charge in [-0.3, -0.25) is 0 Å². The summed E-state index contributed by atoms with van der Waals surface area (Å²) in [5.41, 5.74) is -0.163. The van der Waals surface area contributed by atoms with Crippen LogP contribution >= 0.6 is 11.6 Å². The largest absolute Gasteiger partial charge is 0.476 e. The maximum atomic E-state index is 10.5. The summed E-state index contributed by atoms with van der Waals surface area (Å²) in [5, 5.41) is 11.6. The van der Waals surface area contributed by atoms with E-state index in [1.165, 1.54) is 6.20 Å². The van der Waals surface area contributed by atoms with Crippen LogP contribution in [0.5, 0.6) is 0 Å². The number of aromatic carboxylic acids is 1. The number of anilines is 1. The molecule has 0 bridgehead atoms. The first-order valence-corrected chi connectivity index (χ1v) is 4.41. The van der Waals surface area contributed by atoms with Gasteiger partial charge in [0.15, 0.2) is 16.7 Å². The second-order valence-corrected chi connectivity index (χ2v) is 3.36. The molecule has 0 fully saturated rings. The second-order valence-electron chi connectivity index (χ2n) is 3.00. The first-order valence-electron chi connectivity index (χ1n) is 4.03. The Bertz CT molecular complexity index is 354. The summed E-state index contributed by atoms with van der Waals surface area (Å²) in [5.74, 6) is -0.748. The lowest BCUT2D eigenvalue weighted by atomic mass is 10.4. The molecule has 0 radical (unpaired) electrons. The van der Waals surface area contributed by atoms with Crippen LogP contribution in [0.3, 0.4) is 0 Å². The van der Waals surface area contributed by atoms with E-state index in [1.54, 1.807) is 0 Å². The lowest BCUT2D eigenvalue weighted by Gasteiger charge is -2.09. The third kappa shape index (κ3) is 2.56. The predicted molar refractivity (Wildman–Crippen MR) is 52.8 cm³/mol. The molecule has 1 aromatic rings. The fourth-order valence-corrected chi connectivity index (χ4v) is 1.03. The van der Waals surface area contributed by atoms with Crippen LogP contribution in [0.25, 0.3) is 0 Å². The van der Waals surface area contributed by atoms with Crippen molar-refractivity contribution in [1.29, 1.82) is 0 Å². The molecule has 0 aliphatic rings. The van der Waals surface area contributed by atoms with Crippen LogP contribution in [0.2, 0.25) is 5.15 Å². The van der Waals surface area contributed by atoms with Gasteiger partial charge in [-0.25, -0.2) is 14.8 Å². The lowest BCUT2D eigenvalue weighted by Crippen LogP contribution is -2.13. The number of carboxylic acid groups (broad SMARTS) is 1. The topological polar surface area (TPSA) is 75.1 Å². The first-order chi connectivity index (χ1) is 6.50. The highest BCUT2D eigenvalue weighted by atomic mass is 35.5. The molecule has 14 heavy (non-hydrogen) atoms. The molecule has 5 nitrogen and oxygen atoms in total. The molecule has 0 amide bonds. The quantitative estimate of drug-likeness (QED) is 0.802. The smallest absolute Gasteiger partial charge is 0.356 e. The number of nitrogens with one attached hydrogen (secondary N) is 1. The van der Waals surface area contributed by atoms with Crippen LogP contribution in [-0.2, 0) is 0 Å². The first kappa shape index (κ1) is 10.7. The van der Waals surface area contributed by atoms with Gasteiger partial charge in [0.05, 0.1) is 6.20 Å². The minimum absolute atomic E-state index is 0.0681. The average Bonchev–Trinajstić information content (AvgIpc) is 2.07. The summed E-state index contributed by atoms with van der Waals surface area (Å²) in [6.45, 7) is 3.84. The summed E-state index contributed by atoms with van der Waals surface area (Å²) in [6.07, 6.45) is 1.17. The van der Waals surface area contributed by atoms with Crippen molar-refractivity contribution in [1.82, 2.24) is 9.97 Å². The summed E-state index contributed by atoms with van der Waals surface area (Å²) in [4.78, 5) is 18.0. The molecule has 0 aromatic carbocycles. The van der Waals surface area contributed by atoms with Crippen molar-refractivity contribution in [3.05, 3.63) is 17.0 Å². The Balaban J connectivity index is 2.95. The zero-order valence-electron chi connectivity index (χ0n) is 7.78. The molecule has 0 saturated carbocycles. The number of aromatic nitrogens is 2. The Morgan fingerprint density at radius 3 is 2.71 bits per heavy atom. The van der Waals surface area contributed by atoms with Gasteiger partial charge >= 0.3 is 5.97 Å². The Morgan fingerprint density at radius 1 is 1.64 bits per heavy atom. The fourth-order valence-electron chi connectivity index (χ4n) is 0.840. The number of carbonyl (C=O) groups is 1. The van der Waals surface area contributed by atoms with E-state index < -0.39 is 5.97 Å². The molecule has 0 spiro atoms. The van der Waals surface area contributed by atoms with E-state index in [2.05, 4.69) is 15.3 Å². The van der Waals surface area contributed by atoms with Crippen LogP contribution < -0.4 is 5.32 Å². The van der Waals surface area contributed by atoms with Gasteiger partial charge in [0, 0.05) is 6.04 Å². The summed E-state index contributed by atoms with van der Waals surface area (Å²) in [7, 11) is 0. The molecule has 0 saturated heterocycles. The van der Waals surface area contributed by atoms with Crippen molar-refractivity contribution < 1.29 is 9.90 Å². The van der Waals surface area contributed by atoms with Gasteiger partial charge < -0.3 is 10.4 Å². The third-order valence-corrected chi connectivity index (χ3v) is 1.64. The third-order valence-electron chi connectivity index (χ3n) is 1.37. The van der Waals surface area contributed by atoms with Crippen LogP contribution in [0.1, 0.15) is 24.3 Å². The van der Waals surface area contributed by atoms with E-state index in [1.807, 2.05) is 13.8 Å². The Hall–Kier alpha value is -1.36. The molecule has 0 aliphatic carbocycles. The van der Waals surface area contributed by atoms with Gasteiger partial charge in [-0.05, 0) is 13.8 Å². The maximum absolute atomic E-state index is 10.5. The number of nitrogens with zero attached hydrogens (tertiary/aromatic N) is 2. The van der Waals surface area contributed by atoms with Crippen LogP contribution in [0, 0.1) is 0 Å². The monoisotopic (exact) mass is 215 g/mol. The van der Waals surface area contributed by atoms with E-state index in [4.69, 9.17) is 16.7 Å². The van der Waals surface area contributed by atoms with Gasteiger partial charge in [-0.15, -0.1) is 0 Å². The van der Waals surface area contributed by atoms with Crippen molar-refractivity contribution in [3.63, 3.8) is 0 Å². The van der Waals surface area contributed by atoms with E-state index in [0.717, 1.165) is 0 Å². The standard InChI is InChI=1S/C8H10ClN3O2/c1-4(2)11-7-6(9)12-5(3-10-7)8(13)14/h3-4H,1-2H3,(H,10,11)(H,13,14). The minimum atomic E-state index is -1.14. The maximum Gasteiger partial charge on any atom is 0.356 e. The highest BCUT2D eigenvalue weighted by molar-refractivity contribution is 6.31. The Morgan fingerprint density at radius 2 is 2.29 bits per heavy atom. The fraction of sp³-hybridized carbons (Fsp3) is 0.375. The average molecular weight is 216 g/mol. The molecule has 1 aromatic heterocycles. The predicted octanol–water partition coefficient (Wildman–Crippen LogP) is 1.65. The number of hydrogen-bond donors (Lipinski definition) is 2. The number of hydrogen-bond acceptors (Lipinski definition) is 4. The van der Waals surface area contributed by atoms with E-state index in [0.29, 0.717) is 5.82 Å². The molecule has 76 valence electrons. The lowest BCUT2D eigenvalue weighted by molar-refractivity contribution is 0.0690. The number of halogens is 1. The van der Waals surface area contributed by atoms with Crippen LogP contribution in [0.15, 0.2) is 6.20 Å². The Labute approximate surface area is 86.1 Å². The zero-order valence-corrected chi connectivity index (χ0v) is 8.54. The van der Waals surface area contributed by atoms with E-state index >= 15 is 0 Å². The summed E-state index contributed by atoms with van der Waals surface area (Å²) < 4.78 is 0. The molecular formula is C8H10ClN3O2. The normalized spacial score (nSPS) is 10.3. The van der Waals surface area contributed by atoms with E-state index in [9.17, 15) is 4.79 Å². The van der Waals surface area contributed by atoms with Gasteiger partial charge in [0.2, 0.25) is 0 Å². The summed E-state index contributed by atoms with van der Waals surface area (Å²) in [6, 6.07) is 0.164. The second kappa shape index (κ2) is 4.23. The van der Waals surface area contributed by atoms with Crippen molar-refractivity contribution in [2.45, 2.75) is 19.9 Å². The zero-order chi connectivity index (χ0) is 10.7. The molecule has 1 rings (SSSR count). The Kier molecular flexibility index (Phi) is 3.24. The van der Waals surface area contributed by atoms with Gasteiger partial charge in [-0.1, -0.05) is 11.6 Å². The SMILES string of the molecule is CC(C)Nc1ncc(C(=O)O)nc1Cl. The summed E-state index contributed by atoms with van der Waals surface area (Å²) >= 11 is 5.72. The number of rotatable bonds is 3. The molecule has 2 N–H and O–H groups in total. The molecule has 0 atom stereocenters. The highest BCUT2D eigenvalue weighted by Gasteiger charge is 2.10. The van der Waals surface area contributed by atoms with E-state index in [-0.39, 0.29) is 16.9 Å². The van der Waals surface area contributed by atoms with Crippen LogP contribution in [-0.4, -0.2) is 27.1 Å². The van der Waals surface area contributed by atoms with Crippen molar-refractivity contribution in [3.8, 4) is 0 Å². The van der Waals surface area contributed by atoms with Gasteiger partial charge in [0.1, 0.15) is 0 Å². The van der Waals surface area contributed by atoms with Crippen LogP contribution in [0.4, 0.5) is 5.82 Å². The van der Waals surface area contributed by atoms with Crippen molar-refractivity contribution in [2.75, 3.05) is 5.32 Å². The minimum Gasteiger partial charge on any atom is -0.476 e.